The molecule has 5 nitrogen and oxygen atoms in total. The van der Waals surface area contributed by atoms with Gasteiger partial charge >= 0.3 is 0 Å². The second-order valence-corrected chi connectivity index (χ2v) is 9.69. The molecule has 0 bridgehead atoms. The zero-order valence-electron chi connectivity index (χ0n) is 17.4. The second kappa shape index (κ2) is 8.00. The van der Waals surface area contributed by atoms with Crippen molar-refractivity contribution in [2.24, 2.45) is 12.5 Å². The molecule has 1 amide bonds. The first-order valence-corrected chi connectivity index (χ1v) is 11.6. The fraction of sp³-hybridized carbons (Fsp3) is 0.417. The predicted octanol–water partition coefficient (Wildman–Crippen LogP) is 3.89. The highest BCUT2D eigenvalue weighted by molar-refractivity contribution is 7.09. The Hall–Kier alpha value is -2.44. The number of nitrogens with zero attached hydrogens (tertiary/aromatic N) is 4. The third-order valence-corrected chi connectivity index (χ3v) is 7.63. The smallest absolute Gasteiger partial charge is 0.231 e. The van der Waals surface area contributed by atoms with Gasteiger partial charge in [0.25, 0.3) is 0 Å². The number of carbonyl (C=O) groups is 1. The molecule has 5 rings (SSSR count). The maximum atomic E-state index is 14.0. The summed E-state index contributed by atoms with van der Waals surface area (Å²) in [6.45, 7) is 4.19. The van der Waals surface area contributed by atoms with Crippen LogP contribution < -0.4 is 0 Å². The van der Waals surface area contributed by atoms with E-state index in [2.05, 4.69) is 62.7 Å². The quantitative estimate of drug-likeness (QED) is 0.629. The van der Waals surface area contributed by atoms with Crippen LogP contribution in [0.3, 0.4) is 0 Å². The molecule has 0 saturated carbocycles. The maximum absolute atomic E-state index is 14.0. The summed E-state index contributed by atoms with van der Waals surface area (Å²) in [5.41, 5.74) is 2.02. The van der Waals surface area contributed by atoms with Crippen LogP contribution in [0.1, 0.15) is 34.9 Å². The lowest BCUT2D eigenvalue weighted by atomic mass is 9.70. The molecule has 2 aliphatic heterocycles. The van der Waals surface area contributed by atoms with E-state index in [1.54, 1.807) is 11.3 Å². The zero-order valence-corrected chi connectivity index (χ0v) is 18.2. The zero-order chi connectivity index (χ0) is 20.6. The van der Waals surface area contributed by atoms with E-state index in [-0.39, 0.29) is 11.3 Å². The molecule has 1 spiro atoms. The maximum Gasteiger partial charge on any atom is 0.231 e. The average Bonchev–Trinajstić information content (AvgIpc) is 3.48. The molecule has 2 aromatic heterocycles. The van der Waals surface area contributed by atoms with E-state index in [9.17, 15) is 4.79 Å². The van der Waals surface area contributed by atoms with Crippen LogP contribution in [0.5, 0.6) is 0 Å². The highest BCUT2D eigenvalue weighted by Gasteiger charge is 2.55. The Balaban J connectivity index is 1.46. The summed E-state index contributed by atoms with van der Waals surface area (Å²) in [6, 6.07) is 16.8. The van der Waals surface area contributed by atoms with Gasteiger partial charge in [-0.2, -0.15) is 5.10 Å². The fourth-order valence-corrected chi connectivity index (χ4v) is 6.13. The number of thiophene rings is 1. The van der Waals surface area contributed by atoms with E-state index in [4.69, 9.17) is 0 Å². The van der Waals surface area contributed by atoms with Gasteiger partial charge in [-0.3, -0.25) is 14.4 Å². The third-order valence-electron chi connectivity index (χ3n) is 6.77. The van der Waals surface area contributed by atoms with Crippen molar-refractivity contribution >= 4 is 17.2 Å². The number of carbonyl (C=O) groups excluding carboxylic acids is 1. The highest BCUT2D eigenvalue weighted by Crippen LogP contribution is 2.49. The minimum atomic E-state index is -0.363. The topological polar surface area (TPSA) is 41.4 Å². The normalized spacial score (nSPS) is 24.8. The van der Waals surface area contributed by atoms with Crippen molar-refractivity contribution < 1.29 is 4.79 Å². The summed E-state index contributed by atoms with van der Waals surface area (Å²) in [6.07, 6.45) is 3.87. The van der Waals surface area contributed by atoms with Gasteiger partial charge in [0.1, 0.15) is 0 Å². The Bertz CT molecular complexity index is 999. The molecule has 3 aromatic rings. The Morgan fingerprint density at radius 1 is 1.13 bits per heavy atom. The molecule has 0 N–H and O–H groups in total. The van der Waals surface area contributed by atoms with Crippen molar-refractivity contribution in [3.63, 3.8) is 0 Å². The number of aromatic nitrogens is 2. The van der Waals surface area contributed by atoms with Gasteiger partial charge in [-0.05, 0) is 35.9 Å². The highest BCUT2D eigenvalue weighted by atomic mass is 32.1. The standard InChI is InChI=1S/C24H28N4OS/c1-26-22(10-12-25-26)21-17-27(16-20-9-5-14-30-20)18-24(21)11-6-13-28(23(24)29)15-19-7-3-2-4-8-19/h2-5,7-10,12,14,21H,6,11,13,15-18H2,1H3/t21-,24+/m0/s1. The van der Waals surface area contributed by atoms with Crippen molar-refractivity contribution in [2.75, 3.05) is 19.6 Å². The summed E-state index contributed by atoms with van der Waals surface area (Å²) >= 11 is 1.80. The van der Waals surface area contributed by atoms with Gasteiger partial charge in [0.05, 0.1) is 5.41 Å². The molecular weight excluding hydrogens is 392 g/mol. The van der Waals surface area contributed by atoms with Crippen molar-refractivity contribution in [1.29, 1.82) is 0 Å². The molecule has 6 heteroatoms. The third kappa shape index (κ3) is 3.48. The lowest BCUT2D eigenvalue weighted by molar-refractivity contribution is -0.147. The van der Waals surface area contributed by atoms with E-state index >= 15 is 0 Å². The van der Waals surface area contributed by atoms with Gasteiger partial charge in [0, 0.05) is 62.5 Å². The molecule has 0 unspecified atom stereocenters. The molecular formula is C24H28N4OS. The summed E-state index contributed by atoms with van der Waals surface area (Å²) in [5, 5.41) is 6.56. The fourth-order valence-electron chi connectivity index (χ4n) is 5.39. The van der Waals surface area contributed by atoms with Gasteiger partial charge in [0.2, 0.25) is 5.91 Å². The molecule has 156 valence electrons. The number of piperidine rings is 1. The van der Waals surface area contributed by atoms with Crippen LogP contribution in [0.4, 0.5) is 0 Å². The molecule has 2 saturated heterocycles. The first kappa shape index (κ1) is 19.5. The van der Waals surface area contributed by atoms with Crippen LogP contribution in [0.25, 0.3) is 0 Å². The van der Waals surface area contributed by atoms with Gasteiger partial charge in [-0.15, -0.1) is 11.3 Å². The number of rotatable bonds is 5. The first-order chi connectivity index (χ1) is 14.7. The molecule has 0 radical (unpaired) electrons. The number of benzene rings is 1. The molecule has 1 aromatic carbocycles. The molecule has 4 heterocycles. The van der Waals surface area contributed by atoms with Gasteiger partial charge < -0.3 is 4.90 Å². The lowest BCUT2D eigenvalue weighted by Gasteiger charge is -2.42. The first-order valence-electron chi connectivity index (χ1n) is 10.7. The molecule has 2 atom stereocenters. The van der Waals surface area contributed by atoms with Gasteiger partial charge in [-0.1, -0.05) is 36.4 Å². The van der Waals surface area contributed by atoms with Crippen LogP contribution in [0, 0.1) is 5.41 Å². The Kier molecular flexibility index (Phi) is 5.21. The minimum absolute atomic E-state index is 0.177. The molecule has 2 aliphatic rings. The molecule has 0 aliphatic carbocycles. The summed E-state index contributed by atoms with van der Waals surface area (Å²) in [4.78, 5) is 19.9. The van der Waals surface area contributed by atoms with Crippen molar-refractivity contribution in [2.45, 2.75) is 31.8 Å². The van der Waals surface area contributed by atoms with E-state index in [0.29, 0.717) is 12.5 Å². The summed E-state index contributed by atoms with van der Waals surface area (Å²) in [5.74, 6) is 0.494. The number of likely N-dealkylation sites (tertiary alicyclic amines) is 2. The average molecular weight is 421 g/mol. The summed E-state index contributed by atoms with van der Waals surface area (Å²) < 4.78 is 1.96. The van der Waals surface area contributed by atoms with Gasteiger partial charge in [-0.25, -0.2) is 0 Å². The Morgan fingerprint density at radius 2 is 2.00 bits per heavy atom. The number of hydrogen-bond acceptors (Lipinski definition) is 4. The lowest BCUT2D eigenvalue weighted by Crippen LogP contribution is -2.52. The number of aryl methyl sites for hydroxylation is 1. The molecule has 2 fully saturated rings. The van der Waals surface area contributed by atoms with E-state index in [1.807, 2.05) is 24.0 Å². The van der Waals surface area contributed by atoms with Crippen LogP contribution >= 0.6 is 11.3 Å². The summed E-state index contributed by atoms with van der Waals surface area (Å²) in [7, 11) is 2.00. The number of hydrogen-bond donors (Lipinski definition) is 0. The molecule has 30 heavy (non-hydrogen) atoms. The van der Waals surface area contributed by atoms with Crippen molar-refractivity contribution in [3.05, 3.63) is 76.2 Å². The van der Waals surface area contributed by atoms with Crippen LogP contribution in [-0.4, -0.2) is 45.1 Å². The van der Waals surface area contributed by atoms with Crippen LogP contribution in [-0.2, 0) is 24.9 Å². The largest absolute Gasteiger partial charge is 0.338 e. The van der Waals surface area contributed by atoms with E-state index in [0.717, 1.165) is 39.0 Å². The van der Waals surface area contributed by atoms with Crippen LogP contribution in [0.2, 0.25) is 0 Å². The SMILES string of the molecule is Cn1nccc1[C@@H]1CN(Cc2cccs2)C[C@]12CCCN(Cc1ccccc1)C2=O. The van der Waals surface area contributed by atoms with Gasteiger partial charge in [0.15, 0.2) is 0 Å². The Morgan fingerprint density at radius 3 is 2.73 bits per heavy atom. The predicted molar refractivity (Wildman–Crippen MR) is 119 cm³/mol. The van der Waals surface area contributed by atoms with Crippen molar-refractivity contribution in [3.8, 4) is 0 Å². The number of amides is 1. The second-order valence-electron chi connectivity index (χ2n) is 8.65. The minimum Gasteiger partial charge on any atom is -0.338 e. The van der Waals surface area contributed by atoms with Crippen LogP contribution in [0.15, 0.2) is 60.1 Å². The monoisotopic (exact) mass is 420 g/mol. The van der Waals surface area contributed by atoms with E-state index in [1.165, 1.54) is 16.1 Å². The van der Waals surface area contributed by atoms with E-state index < -0.39 is 0 Å². The Labute approximate surface area is 181 Å². The van der Waals surface area contributed by atoms with Crippen molar-refractivity contribution in [1.82, 2.24) is 19.6 Å².